The van der Waals surface area contributed by atoms with E-state index in [2.05, 4.69) is 20.9 Å². The van der Waals surface area contributed by atoms with E-state index in [0.717, 1.165) is 22.7 Å². The van der Waals surface area contributed by atoms with Gasteiger partial charge in [-0.05, 0) is 38.0 Å². The highest BCUT2D eigenvalue weighted by Gasteiger charge is 2.28. The number of aromatic nitrogens is 1. The molecule has 0 bridgehead atoms. The van der Waals surface area contributed by atoms with Crippen LogP contribution in [0.1, 0.15) is 30.1 Å². The quantitative estimate of drug-likeness (QED) is 0.815. The van der Waals surface area contributed by atoms with Crippen LogP contribution < -0.4 is 11.3 Å². The summed E-state index contributed by atoms with van der Waals surface area (Å²) in [6, 6.07) is 7.11. The lowest BCUT2D eigenvalue weighted by atomic mass is 9.97. The lowest BCUT2D eigenvalue weighted by Gasteiger charge is -2.36. The molecule has 1 aliphatic rings. The van der Waals surface area contributed by atoms with Crippen LogP contribution in [0, 0.1) is 0 Å². The molecule has 2 aromatic rings. The Labute approximate surface area is 136 Å². The summed E-state index contributed by atoms with van der Waals surface area (Å²) in [5.74, 6) is -0.103. The number of aromatic amines is 1. The van der Waals surface area contributed by atoms with E-state index in [0.29, 0.717) is 17.6 Å². The first-order valence-electron chi connectivity index (χ1n) is 7.35. The highest BCUT2D eigenvalue weighted by Crippen LogP contribution is 2.24. The van der Waals surface area contributed by atoms with E-state index in [-0.39, 0.29) is 23.6 Å². The van der Waals surface area contributed by atoms with E-state index in [1.807, 2.05) is 24.0 Å². The van der Waals surface area contributed by atoms with Crippen molar-refractivity contribution >= 4 is 32.7 Å². The molecule has 1 fully saturated rings. The van der Waals surface area contributed by atoms with Gasteiger partial charge >= 0.3 is 0 Å². The third-order valence-corrected chi connectivity index (χ3v) is 4.71. The Balaban J connectivity index is 2.07. The van der Waals surface area contributed by atoms with Crippen molar-refractivity contribution in [1.82, 2.24) is 9.88 Å². The smallest absolute Gasteiger partial charge is 0.254 e. The van der Waals surface area contributed by atoms with Gasteiger partial charge in [-0.15, -0.1) is 0 Å². The molecule has 1 amide bonds. The summed E-state index contributed by atoms with van der Waals surface area (Å²) in [5, 5.41) is 0.751. The zero-order valence-electron chi connectivity index (χ0n) is 12.3. The summed E-state index contributed by atoms with van der Waals surface area (Å²) >= 11 is 3.42. The van der Waals surface area contributed by atoms with Gasteiger partial charge in [0.25, 0.3) is 5.91 Å². The zero-order chi connectivity index (χ0) is 15.9. The number of fused-ring (bicyclic) bond motifs is 1. The highest BCUT2D eigenvalue weighted by molar-refractivity contribution is 9.10. The molecule has 1 aliphatic heterocycles. The number of H-pyrrole nitrogens is 1. The molecule has 116 valence electrons. The standard InChI is InChI=1S/C16H18BrN3O2/c1-9-6-11(18)4-5-20(9)16(22)13-8-15(21)19-14-3-2-10(17)7-12(13)14/h2-3,7-9,11H,4-6,18H2,1H3,(H,19,21)/t9-,11-/m1/s1. The molecule has 0 spiro atoms. The summed E-state index contributed by atoms with van der Waals surface area (Å²) in [4.78, 5) is 29.3. The SMILES string of the molecule is C[C@@H]1C[C@H](N)CCN1C(=O)c1cc(=O)[nH]c2ccc(Br)cc12. The Morgan fingerprint density at radius 1 is 1.41 bits per heavy atom. The number of likely N-dealkylation sites (tertiary alicyclic amines) is 1. The number of hydrogen-bond donors (Lipinski definition) is 2. The Hall–Kier alpha value is -1.66. The van der Waals surface area contributed by atoms with Crippen LogP contribution in [-0.4, -0.2) is 34.4 Å². The summed E-state index contributed by atoms with van der Waals surface area (Å²) in [7, 11) is 0. The zero-order valence-corrected chi connectivity index (χ0v) is 13.9. The molecule has 1 aromatic heterocycles. The third kappa shape index (κ3) is 2.80. The number of carbonyl (C=O) groups is 1. The van der Waals surface area contributed by atoms with Crippen molar-refractivity contribution in [2.75, 3.05) is 6.54 Å². The molecular weight excluding hydrogens is 346 g/mol. The summed E-state index contributed by atoms with van der Waals surface area (Å²) < 4.78 is 0.870. The minimum Gasteiger partial charge on any atom is -0.336 e. The molecule has 1 saturated heterocycles. The first-order chi connectivity index (χ1) is 10.5. The van der Waals surface area contributed by atoms with Crippen LogP contribution in [0.15, 0.2) is 33.5 Å². The fourth-order valence-electron chi connectivity index (χ4n) is 3.07. The minimum absolute atomic E-state index is 0.0812. The normalized spacial score (nSPS) is 22.0. The van der Waals surface area contributed by atoms with Gasteiger partial charge in [0.2, 0.25) is 5.56 Å². The van der Waals surface area contributed by atoms with E-state index in [4.69, 9.17) is 5.73 Å². The van der Waals surface area contributed by atoms with Crippen LogP contribution in [0.5, 0.6) is 0 Å². The number of benzene rings is 1. The fourth-order valence-corrected chi connectivity index (χ4v) is 3.43. The molecule has 22 heavy (non-hydrogen) atoms. The first-order valence-corrected chi connectivity index (χ1v) is 8.14. The van der Waals surface area contributed by atoms with Gasteiger partial charge < -0.3 is 15.6 Å². The van der Waals surface area contributed by atoms with Crippen molar-refractivity contribution in [1.29, 1.82) is 0 Å². The summed E-state index contributed by atoms with van der Waals surface area (Å²) in [6.07, 6.45) is 1.58. The predicted octanol–water partition coefficient (Wildman–Crippen LogP) is 2.24. The number of nitrogens with zero attached hydrogens (tertiary/aromatic N) is 1. The highest BCUT2D eigenvalue weighted by atomic mass is 79.9. The number of nitrogens with one attached hydrogen (secondary N) is 1. The van der Waals surface area contributed by atoms with Gasteiger partial charge in [-0.3, -0.25) is 9.59 Å². The second-order valence-electron chi connectivity index (χ2n) is 5.87. The third-order valence-electron chi connectivity index (χ3n) is 4.21. The molecule has 3 N–H and O–H groups in total. The molecule has 3 rings (SSSR count). The van der Waals surface area contributed by atoms with E-state index < -0.39 is 0 Å². The van der Waals surface area contributed by atoms with Gasteiger partial charge in [-0.2, -0.15) is 0 Å². The molecule has 0 unspecified atom stereocenters. The number of amides is 1. The fraction of sp³-hybridized carbons (Fsp3) is 0.375. The second-order valence-corrected chi connectivity index (χ2v) is 6.78. The maximum absolute atomic E-state index is 12.9. The van der Waals surface area contributed by atoms with E-state index in [1.165, 1.54) is 6.07 Å². The first kappa shape index (κ1) is 15.2. The molecule has 2 heterocycles. The number of hydrogen-bond acceptors (Lipinski definition) is 3. The lowest BCUT2D eigenvalue weighted by molar-refractivity contribution is 0.0621. The van der Waals surface area contributed by atoms with E-state index >= 15 is 0 Å². The average Bonchev–Trinajstić information content (AvgIpc) is 2.46. The molecule has 2 atom stereocenters. The van der Waals surface area contributed by atoms with Gasteiger partial charge in [-0.1, -0.05) is 15.9 Å². The van der Waals surface area contributed by atoms with Crippen molar-refractivity contribution in [3.63, 3.8) is 0 Å². The summed E-state index contributed by atoms with van der Waals surface area (Å²) in [6.45, 7) is 2.63. The summed E-state index contributed by atoms with van der Waals surface area (Å²) in [5.41, 5.74) is 6.81. The Morgan fingerprint density at radius 3 is 2.91 bits per heavy atom. The van der Waals surface area contributed by atoms with Gasteiger partial charge in [0.15, 0.2) is 0 Å². The van der Waals surface area contributed by atoms with Crippen molar-refractivity contribution < 1.29 is 4.79 Å². The minimum atomic E-state index is -0.264. The Kier molecular flexibility index (Phi) is 4.06. The molecule has 1 aromatic carbocycles. The van der Waals surface area contributed by atoms with Crippen LogP contribution in [0.2, 0.25) is 0 Å². The molecule has 6 heteroatoms. The average molecular weight is 364 g/mol. The van der Waals surface area contributed by atoms with Crippen molar-refractivity contribution in [3.05, 3.63) is 44.7 Å². The Bertz CT molecular complexity index is 787. The van der Waals surface area contributed by atoms with E-state index in [1.54, 1.807) is 6.07 Å². The monoisotopic (exact) mass is 363 g/mol. The second kappa shape index (κ2) is 5.85. The number of rotatable bonds is 1. The molecule has 5 nitrogen and oxygen atoms in total. The topological polar surface area (TPSA) is 79.2 Å². The lowest BCUT2D eigenvalue weighted by Crippen LogP contribution is -2.48. The molecule has 0 aliphatic carbocycles. The van der Waals surface area contributed by atoms with Crippen LogP contribution in [0.3, 0.4) is 0 Å². The van der Waals surface area contributed by atoms with Gasteiger partial charge in [-0.25, -0.2) is 0 Å². The maximum Gasteiger partial charge on any atom is 0.254 e. The van der Waals surface area contributed by atoms with Crippen LogP contribution in [0.4, 0.5) is 0 Å². The predicted molar refractivity (Wildman–Crippen MR) is 90.0 cm³/mol. The molecule has 0 radical (unpaired) electrons. The van der Waals surface area contributed by atoms with Crippen molar-refractivity contribution in [2.24, 2.45) is 5.73 Å². The van der Waals surface area contributed by atoms with Crippen LogP contribution >= 0.6 is 15.9 Å². The number of pyridine rings is 1. The maximum atomic E-state index is 12.9. The van der Waals surface area contributed by atoms with Crippen LogP contribution in [0.25, 0.3) is 10.9 Å². The Morgan fingerprint density at radius 2 is 2.18 bits per heavy atom. The van der Waals surface area contributed by atoms with E-state index in [9.17, 15) is 9.59 Å². The van der Waals surface area contributed by atoms with Crippen molar-refractivity contribution in [2.45, 2.75) is 31.8 Å². The molecular formula is C16H18BrN3O2. The van der Waals surface area contributed by atoms with Gasteiger partial charge in [0.1, 0.15) is 0 Å². The molecule has 0 saturated carbocycles. The number of piperidine rings is 1. The van der Waals surface area contributed by atoms with Crippen molar-refractivity contribution in [3.8, 4) is 0 Å². The largest absolute Gasteiger partial charge is 0.336 e. The van der Waals surface area contributed by atoms with Gasteiger partial charge in [0, 0.05) is 40.1 Å². The van der Waals surface area contributed by atoms with Gasteiger partial charge in [0.05, 0.1) is 5.56 Å². The van der Waals surface area contributed by atoms with Crippen LogP contribution in [-0.2, 0) is 0 Å². The number of nitrogens with two attached hydrogens (primary N) is 1. The number of halogens is 1. The number of carbonyl (C=O) groups excluding carboxylic acids is 1.